The van der Waals surface area contributed by atoms with Gasteiger partial charge in [0, 0.05) is 16.2 Å². The first-order valence-corrected chi connectivity index (χ1v) is 21.5. The second-order valence-electron chi connectivity index (χ2n) is 17.4. The van der Waals surface area contributed by atoms with Crippen LogP contribution >= 0.6 is 0 Å². The van der Waals surface area contributed by atoms with Crippen LogP contribution in [0.4, 0.5) is 0 Å². The minimum atomic E-state index is -0.129. The van der Waals surface area contributed by atoms with Crippen molar-refractivity contribution in [3.05, 3.63) is 204 Å². The Balaban J connectivity index is 1.01. The fourth-order valence-corrected chi connectivity index (χ4v) is 11.1. The van der Waals surface area contributed by atoms with Crippen LogP contribution in [0.25, 0.3) is 122 Å². The minimum Gasteiger partial charge on any atom is -0.456 e. The Bertz CT molecular complexity index is 3760. The van der Waals surface area contributed by atoms with Crippen LogP contribution in [0.2, 0.25) is 0 Å². The molecule has 0 saturated carbocycles. The first-order chi connectivity index (χ1) is 30.0. The van der Waals surface area contributed by atoms with E-state index >= 15 is 0 Å². The zero-order valence-corrected chi connectivity index (χ0v) is 34.1. The molecule has 0 atom stereocenters. The first-order valence-electron chi connectivity index (χ1n) is 21.5. The van der Waals surface area contributed by atoms with Crippen LogP contribution < -0.4 is 0 Å². The third-order valence-electron chi connectivity index (χ3n) is 13.8. The molecule has 0 unspecified atom stereocenters. The van der Waals surface area contributed by atoms with Crippen molar-refractivity contribution < 1.29 is 4.42 Å². The van der Waals surface area contributed by atoms with Gasteiger partial charge in [-0.05, 0) is 147 Å². The van der Waals surface area contributed by atoms with Gasteiger partial charge >= 0.3 is 0 Å². The lowest BCUT2D eigenvalue weighted by Crippen LogP contribution is -2.15. The molecule has 286 valence electrons. The lowest BCUT2D eigenvalue weighted by molar-refractivity contribution is 0.666. The second-order valence-corrected chi connectivity index (χ2v) is 17.4. The Morgan fingerprint density at radius 2 is 0.967 bits per heavy atom. The van der Waals surface area contributed by atoms with Gasteiger partial charge in [-0.25, -0.2) is 0 Å². The number of benzene rings is 10. The van der Waals surface area contributed by atoms with E-state index in [0.717, 1.165) is 23.0 Å². The third kappa shape index (κ3) is 4.89. The zero-order valence-electron chi connectivity index (χ0n) is 34.1. The predicted octanol–water partition coefficient (Wildman–Crippen LogP) is 16.9. The van der Waals surface area contributed by atoms with E-state index in [-0.39, 0.29) is 5.41 Å². The molecular formula is C60H40O. The molecule has 13 rings (SSSR count). The molecule has 0 N–H and O–H groups in total. The molecule has 10 aromatic carbocycles. The summed E-state index contributed by atoms with van der Waals surface area (Å²) >= 11 is 0. The van der Waals surface area contributed by atoms with Gasteiger partial charge in [-0.1, -0.05) is 178 Å². The highest BCUT2D eigenvalue weighted by Gasteiger charge is 2.38. The van der Waals surface area contributed by atoms with E-state index in [1.54, 1.807) is 0 Å². The number of rotatable bonds is 3. The van der Waals surface area contributed by atoms with Gasteiger partial charge in [-0.3, -0.25) is 0 Å². The Morgan fingerprint density at radius 3 is 1.70 bits per heavy atom. The summed E-state index contributed by atoms with van der Waals surface area (Å²) in [5, 5.41) is 12.6. The van der Waals surface area contributed by atoms with Crippen molar-refractivity contribution >= 4 is 77.2 Å². The molecule has 1 nitrogen and oxygen atoms in total. The maximum atomic E-state index is 6.46. The minimum absolute atomic E-state index is 0.129. The predicted molar refractivity (Wildman–Crippen MR) is 260 cm³/mol. The van der Waals surface area contributed by atoms with E-state index in [0.29, 0.717) is 0 Å². The molecule has 0 radical (unpaired) electrons. The fraction of sp³-hybridized carbons (Fsp3) is 0.0667. The molecule has 2 aliphatic rings. The summed E-state index contributed by atoms with van der Waals surface area (Å²) in [5.41, 5.74) is 17.1. The fourth-order valence-electron chi connectivity index (χ4n) is 11.1. The Kier molecular flexibility index (Phi) is 7.19. The van der Waals surface area contributed by atoms with Crippen LogP contribution in [-0.2, 0) is 5.41 Å². The monoisotopic (exact) mass is 776 g/mol. The number of allylic oxidation sites excluding steroid dienone is 2. The van der Waals surface area contributed by atoms with Crippen LogP contribution in [0.15, 0.2) is 186 Å². The molecule has 0 bridgehead atoms. The van der Waals surface area contributed by atoms with Gasteiger partial charge in [-0.2, -0.15) is 0 Å². The Labute approximate surface area is 354 Å². The highest BCUT2D eigenvalue weighted by Crippen LogP contribution is 2.55. The standard InChI is InChI=1S/C60H40O/c1-60(2)52-30-27-38(34-50(52)58-44-23-10-8-19-42(44)43-20-9-13-26-49(43)59(58)60)37-16-14-17-39(33-37)55-45-21-4-3-5-22-46(45)56(48-25-12-11-24-47(48)55)40-29-31-53-51(35-40)57-41-18-7-6-15-36(41)28-32-54(57)61-53/h4-35H,3H2,1-2H3. The molecule has 1 heterocycles. The molecule has 11 aromatic rings. The van der Waals surface area contributed by atoms with Crippen LogP contribution in [0, 0.1) is 0 Å². The van der Waals surface area contributed by atoms with E-state index in [2.05, 4.69) is 208 Å². The highest BCUT2D eigenvalue weighted by molar-refractivity contribution is 6.21. The second kappa shape index (κ2) is 12.8. The van der Waals surface area contributed by atoms with E-state index in [9.17, 15) is 0 Å². The van der Waals surface area contributed by atoms with Crippen LogP contribution in [0.1, 0.15) is 42.5 Å². The summed E-state index contributed by atoms with van der Waals surface area (Å²) < 4.78 is 6.46. The summed E-state index contributed by atoms with van der Waals surface area (Å²) in [7, 11) is 0. The lowest BCUT2D eigenvalue weighted by Gasteiger charge is -2.24. The number of hydrogen-bond donors (Lipinski definition) is 0. The van der Waals surface area contributed by atoms with Crippen molar-refractivity contribution in [3.8, 4) is 44.5 Å². The van der Waals surface area contributed by atoms with E-state index < -0.39 is 0 Å². The van der Waals surface area contributed by atoms with Crippen molar-refractivity contribution in [2.75, 3.05) is 0 Å². The van der Waals surface area contributed by atoms with Gasteiger partial charge in [0.2, 0.25) is 0 Å². The van der Waals surface area contributed by atoms with Gasteiger partial charge in [0.05, 0.1) is 0 Å². The molecule has 0 saturated heterocycles. The molecule has 1 heteroatoms. The molecule has 61 heavy (non-hydrogen) atoms. The maximum Gasteiger partial charge on any atom is 0.136 e. The summed E-state index contributed by atoms with van der Waals surface area (Å²) in [4.78, 5) is 0. The van der Waals surface area contributed by atoms with Gasteiger partial charge in [0.1, 0.15) is 11.2 Å². The van der Waals surface area contributed by atoms with Crippen LogP contribution in [0.3, 0.4) is 0 Å². The van der Waals surface area contributed by atoms with Gasteiger partial charge in [0.15, 0.2) is 0 Å². The van der Waals surface area contributed by atoms with Crippen LogP contribution in [0.5, 0.6) is 0 Å². The van der Waals surface area contributed by atoms with Crippen molar-refractivity contribution in [3.63, 3.8) is 0 Å². The first kappa shape index (κ1) is 34.4. The maximum absolute atomic E-state index is 6.46. The number of fused-ring (bicyclic) bond motifs is 15. The average molecular weight is 777 g/mol. The van der Waals surface area contributed by atoms with E-state index in [1.165, 1.54) is 115 Å². The molecule has 1 aromatic heterocycles. The highest BCUT2D eigenvalue weighted by atomic mass is 16.3. The van der Waals surface area contributed by atoms with Gasteiger partial charge in [0.25, 0.3) is 0 Å². The van der Waals surface area contributed by atoms with Crippen molar-refractivity contribution in [1.82, 2.24) is 0 Å². The lowest BCUT2D eigenvalue weighted by atomic mass is 9.79. The number of hydrogen-bond acceptors (Lipinski definition) is 1. The van der Waals surface area contributed by atoms with Crippen molar-refractivity contribution in [2.24, 2.45) is 0 Å². The van der Waals surface area contributed by atoms with Crippen molar-refractivity contribution in [1.29, 1.82) is 0 Å². The van der Waals surface area contributed by atoms with Gasteiger partial charge < -0.3 is 4.42 Å². The van der Waals surface area contributed by atoms with E-state index in [4.69, 9.17) is 4.42 Å². The topological polar surface area (TPSA) is 13.1 Å². The SMILES string of the molecule is CC1(C)c2ccc(-c3cccc(-c4c5c(c(-c6ccc7oc8ccc9ccccc9c8c7c6)c6ccccc46)C=CCC=C5)c3)cc2-c2c1c1ccccc1c1ccccc21. The Morgan fingerprint density at radius 1 is 0.410 bits per heavy atom. The summed E-state index contributed by atoms with van der Waals surface area (Å²) in [6, 6.07) is 63.1. The smallest absolute Gasteiger partial charge is 0.136 e. The summed E-state index contributed by atoms with van der Waals surface area (Å²) in [5.74, 6) is 0. The molecule has 0 amide bonds. The van der Waals surface area contributed by atoms with Gasteiger partial charge in [-0.15, -0.1) is 0 Å². The molecule has 0 fully saturated rings. The molecular weight excluding hydrogens is 737 g/mol. The molecule has 2 aliphatic carbocycles. The number of furan rings is 1. The normalized spacial score (nSPS) is 14.0. The third-order valence-corrected chi connectivity index (χ3v) is 13.8. The van der Waals surface area contributed by atoms with Crippen molar-refractivity contribution in [2.45, 2.75) is 25.7 Å². The molecule has 0 spiro atoms. The zero-order chi connectivity index (χ0) is 40.4. The average Bonchev–Trinajstić information content (AvgIpc) is 3.67. The van der Waals surface area contributed by atoms with Crippen LogP contribution in [-0.4, -0.2) is 0 Å². The molecule has 0 aliphatic heterocycles. The largest absolute Gasteiger partial charge is 0.456 e. The Hall–Kier alpha value is -7.48. The van der Waals surface area contributed by atoms with E-state index in [1.807, 2.05) is 0 Å². The summed E-state index contributed by atoms with van der Waals surface area (Å²) in [6.45, 7) is 4.80. The summed E-state index contributed by atoms with van der Waals surface area (Å²) in [6.07, 6.45) is 10.2. The quantitative estimate of drug-likeness (QED) is 0.163.